The highest BCUT2D eigenvalue weighted by Gasteiger charge is 2.36. The zero-order chi connectivity index (χ0) is 30.8. The summed E-state index contributed by atoms with van der Waals surface area (Å²) in [7, 11) is 0. The second-order valence-electron chi connectivity index (χ2n) is 12.9. The quantitative estimate of drug-likeness (QED) is 0.213. The normalized spacial score (nSPS) is 18.2. The number of hydrogen-bond donors (Lipinski definition) is 2. The molecule has 7 aromatic rings. The Kier molecular flexibility index (Phi) is 6.02. The highest BCUT2D eigenvalue weighted by Crippen LogP contribution is 2.50. The number of rotatable bonds is 4. The highest BCUT2D eigenvalue weighted by molar-refractivity contribution is 6.11. The van der Waals surface area contributed by atoms with Crippen molar-refractivity contribution in [2.45, 2.75) is 31.6 Å². The maximum absolute atomic E-state index is 5.22. The fraction of sp³-hybridized carbons (Fsp3) is 0.119. The van der Waals surface area contributed by atoms with Gasteiger partial charge in [0, 0.05) is 27.4 Å². The monoisotopic (exact) mass is 594 g/mol. The molecule has 2 N–H and O–H groups in total. The first-order chi connectivity index (χ1) is 22.6. The second kappa shape index (κ2) is 10.3. The third-order valence-corrected chi connectivity index (χ3v) is 9.87. The van der Waals surface area contributed by atoms with Crippen molar-refractivity contribution >= 4 is 27.6 Å². The number of benzene rings is 6. The van der Waals surface area contributed by atoms with Gasteiger partial charge in [0.15, 0.2) is 0 Å². The molecule has 9 rings (SSSR count). The van der Waals surface area contributed by atoms with Crippen LogP contribution < -0.4 is 10.6 Å². The Hall–Kier alpha value is -5.45. The molecule has 0 saturated heterocycles. The van der Waals surface area contributed by atoms with Crippen LogP contribution in [0.15, 0.2) is 151 Å². The SMILES string of the molecule is CC1(C)c2ccccc2-c2cc3c(cc21)c1ccccc1n3-c1cccc(C2=NC(c3ccccc3)NC(c3ccccc3)N2)c1. The predicted molar refractivity (Wildman–Crippen MR) is 190 cm³/mol. The van der Waals surface area contributed by atoms with Gasteiger partial charge in [0.05, 0.1) is 11.0 Å². The van der Waals surface area contributed by atoms with Crippen LogP contribution in [0, 0.1) is 0 Å². The second-order valence-corrected chi connectivity index (χ2v) is 12.9. The third-order valence-electron chi connectivity index (χ3n) is 9.87. The maximum atomic E-state index is 5.22. The molecule has 1 aliphatic heterocycles. The molecule has 4 heteroatoms. The number of nitrogens with zero attached hydrogens (tertiary/aromatic N) is 2. The number of aromatic nitrogens is 1. The van der Waals surface area contributed by atoms with Crippen molar-refractivity contribution in [3.63, 3.8) is 0 Å². The third kappa shape index (κ3) is 4.14. The molecule has 2 atom stereocenters. The topological polar surface area (TPSA) is 41.4 Å². The van der Waals surface area contributed by atoms with E-state index in [-0.39, 0.29) is 17.7 Å². The van der Waals surface area contributed by atoms with Crippen LogP contribution >= 0.6 is 0 Å². The lowest BCUT2D eigenvalue weighted by molar-refractivity contribution is 0.409. The van der Waals surface area contributed by atoms with Gasteiger partial charge in [0.1, 0.15) is 18.2 Å². The number of para-hydroxylation sites is 1. The lowest BCUT2D eigenvalue weighted by atomic mass is 9.82. The minimum Gasteiger partial charge on any atom is -0.350 e. The van der Waals surface area contributed by atoms with Gasteiger partial charge in [-0.25, -0.2) is 4.99 Å². The van der Waals surface area contributed by atoms with Gasteiger partial charge in [-0.05, 0) is 63.7 Å². The van der Waals surface area contributed by atoms with Gasteiger partial charge in [-0.2, -0.15) is 0 Å². The van der Waals surface area contributed by atoms with E-state index in [1.807, 2.05) is 6.07 Å². The van der Waals surface area contributed by atoms with Gasteiger partial charge >= 0.3 is 0 Å². The molecule has 46 heavy (non-hydrogen) atoms. The van der Waals surface area contributed by atoms with Crippen molar-refractivity contribution in [1.82, 2.24) is 15.2 Å². The van der Waals surface area contributed by atoms with Crippen LogP contribution in [-0.4, -0.2) is 10.4 Å². The lowest BCUT2D eigenvalue weighted by Crippen LogP contribution is -2.44. The molecular weight excluding hydrogens is 560 g/mol. The van der Waals surface area contributed by atoms with Gasteiger partial charge < -0.3 is 9.88 Å². The summed E-state index contributed by atoms with van der Waals surface area (Å²) in [5, 5.41) is 9.98. The first-order valence-corrected chi connectivity index (χ1v) is 16.0. The largest absolute Gasteiger partial charge is 0.350 e. The van der Waals surface area contributed by atoms with E-state index in [1.54, 1.807) is 0 Å². The molecule has 0 spiro atoms. The van der Waals surface area contributed by atoms with E-state index in [0.717, 1.165) is 22.6 Å². The first-order valence-electron chi connectivity index (χ1n) is 16.0. The van der Waals surface area contributed by atoms with Crippen molar-refractivity contribution in [3.05, 3.63) is 173 Å². The summed E-state index contributed by atoms with van der Waals surface area (Å²) in [6, 6.07) is 52.3. The summed E-state index contributed by atoms with van der Waals surface area (Å²) < 4.78 is 2.42. The van der Waals surface area contributed by atoms with Crippen LogP contribution in [-0.2, 0) is 5.41 Å². The molecule has 1 aliphatic carbocycles. The molecule has 6 aromatic carbocycles. The van der Waals surface area contributed by atoms with Crippen molar-refractivity contribution in [1.29, 1.82) is 0 Å². The summed E-state index contributed by atoms with van der Waals surface area (Å²) in [5.41, 5.74) is 12.3. The summed E-state index contributed by atoms with van der Waals surface area (Å²) in [4.78, 5) is 5.22. The molecule has 2 heterocycles. The van der Waals surface area contributed by atoms with Gasteiger partial charge in [0.25, 0.3) is 0 Å². The van der Waals surface area contributed by atoms with E-state index in [9.17, 15) is 0 Å². The Morgan fingerprint density at radius 2 is 1.30 bits per heavy atom. The molecule has 2 aliphatic rings. The smallest absolute Gasteiger partial charge is 0.131 e. The van der Waals surface area contributed by atoms with Gasteiger partial charge in [-0.1, -0.05) is 129 Å². The number of nitrogens with one attached hydrogen (secondary N) is 2. The molecule has 0 saturated carbocycles. The van der Waals surface area contributed by atoms with Crippen LogP contribution in [0.25, 0.3) is 38.6 Å². The van der Waals surface area contributed by atoms with Crippen molar-refractivity contribution in [3.8, 4) is 16.8 Å². The lowest BCUT2D eigenvalue weighted by Gasteiger charge is -2.32. The van der Waals surface area contributed by atoms with Crippen LogP contribution in [0.2, 0.25) is 0 Å². The van der Waals surface area contributed by atoms with E-state index in [0.29, 0.717) is 0 Å². The van der Waals surface area contributed by atoms with Gasteiger partial charge in [-0.15, -0.1) is 0 Å². The van der Waals surface area contributed by atoms with E-state index in [1.165, 1.54) is 49.6 Å². The number of hydrogen-bond acceptors (Lipinski definition) is 3. The average molecular weight is 595 g/mol. The Balaban J connectivity index is 1.22. The number of amidine groups is 1. The number of fused-ring (bicyclic) bond motifs is 6. The molecule has 1 aromatic heterocycles. The molecule has 0 radical (unpaired) electrons. The minimum atomic E-state index is -0.175. The summed E-state index contributed by atoms with van der Waals surface area (Å²) in [6.07, 6.45) is -0.257. The van der Waals surface area contributed by atoms with E-state index in [2.05, 4.69) is 169 Å². The van der Waals surface area contributed by atoms with Crippen molar-refractivity contribution in [2.24, 2.45) is 4.99 Å². The average Bonchev–Trinajstić information content (AvgIpc) is 3.56. The minimum absolute atomic E-state index is 0.0490. The molecule has 0 bridgehead atoms. The van der Waals surface area contributed by atoms with Crippen LogP contribution in [0.5, 0.6) is 0 Å². The van der Waals surface area contributed by atoms with Crippen molar-refractivity contribution < 1.29 is 0 Å². The highest BCUT2D eigenvalue weighted by atomic mass is 15.3. The fourth-order valence-electron chi connectivity index (χ4n) is 7.56. The molecule has 4 nitrogen and oxygen atoms in total. The van der Waals surface area contributed by atoms with Crippen LogP contribution in [0.4, 0.5) is 0 Å². The molecule has 222 valence electrons. The Bertz CT molecular complexity index is 2300. The fourth-order valence-corrected chi connectivity index (χ4v) is 7.56. The molecular formula is C42H34N4. The van der Waals surface area contributed by atoms with Crippen LogP contribution in [0.1, 0.15) is 54.0 Å². The maximum Gasteiger partial charge on any atom is 0.131 e. The van der Waals surface area contributed by atoms with Gasteiger partial charge in [-0.3, -0.25) is 5.32 Å². The van der Waals surface area contributed by atoms with E-state index in [4.69, 9.17) is 4.99 Å². The Morgan fingerprint density at radius 3 is 2.13 bits per heavy atom. The molecule has 0 fully saturated rings. The van der Waals surface area contributed by atoms with E-state index >= 15 is 0 Å². The zero-order valence-electron chi connectivity index (χ0n) is 25.9. The summed E-state index contributed by atoms with van der Waals surface area (Å²) in [6.45, 7) is 4.70. The van der Waals surface area contributed by atoms with Crippen LogP contribution in [0.3, 0.4) is 0 Å². The standard InChI is InChI=1S/C42H34N4/c1-42(2)35-22-11-9-20-31(35)33-26-38-34(25-36(33)42)32-21-10-12-23-37(32)46(38)30-19-13-18-29(24-30)41-44-39(27-14-5-3-6-15-27)43-40(45-41)28-16-7-4-8-17-28/h3-26,39-40,43H,1-2H3,(H,44,45). The number of aliphatic imine (C=N–C) groups is 1. The molecule has 2 unspecified atom stereocenters. The van der Waals surface area contributed by atoms with E-state index < -0.39 is 0 Å². The summed E-state index contributed by atoms with van der Waals surface area (Å²) >= 11 is 0. The first kappa shape index (κ1) is 26.9. The molecule has 0 amide bonds. The zero-order valence-corrected chi connectivity index (χ0v) is 25.9. The van der Waals surface area contributed by atoms with Gasteiger partial charge in [0.2, 0.25) is 0 Å². The summed E-state index contributed by atoms with van der Waals surface area (Å²) in [5.74, 6) is 0.876. The Labute approximate surface area is 269 Å². The van der Waals surface area contributed by atoms with Crippen molar-refractivity contribution in [2.75, 3.05) is 0 Å². The predicted octanol–water partition coefficient (Wildman–Crippen LogP) is 9.43. The Morgan fingerprint density at radius 1 is 0.587 bits per heavy atom.